The van der Waals surface area contributed by atoms with Gasteiger partial charge in [-0.05, 0) is 78.3 Å². The van der Waals surface area contributed by atoms with E-state index in [9.17, 15) is 14.4 Å². The highest BCUT2D eigenvalue weighted by molar-refractivity contribution is 9.10. The van der Waals surface area contributed by atoms with E-state index in [4.69, 9.17) is 14.3 Å². The van der Waals surface area contributed by atoms with Crippen molar-refractivity contribution < 1.29 is 28.7 Å². The third-order valence-corrected chi connectivity index (χ3v) is 5.49. The van der Waals surface area contributed by atoms with Crippen molar-refractivity contribution >= 4 is 45.5 Å². The number of rotatable bonds is 3. The lowest BCUT2D eigenvalue weighted by molar-refractivity contribution is -0.176. The molecule has 2 aromatic rings. The number of hydrogen-bond donors (Lipinski definition) is 0. The van der Waals surface area contributed by atoms with Crippen LogP contribution in [0.2, 0.25) is 0 Å². The summed E-state index contributed by atoms with van der Waals surface area (Å²) in [7, 11) is 0. The molecule has 9 nitrogen and oxygen atoms in total. The first-order chi connectivity index (χ1) is 16.6. The van der Waals surface area contributed by atoms with E-state index in [-0.39, 0.29) is 5.71 Å². The molecule has 0 spiro atoms. The first-order valence-electron chi connectivity index (χ1n) is 11.3. The van der Waals surface area contributed by atoms with Crippen LogP contribution in [0.3, 0.4) is 0 Å². The molecule has 1 aliphatic rings. The van der Waals surface area contributed by atoms with Gasteiger partial charge in [0.15, 0.2) is 0 Å². The summed E-state index contributed by atoms with van der Waals surface area (Å²) in [6.07, 6.45) is -2.23. The van der Waals surface area contributed by atoms with Crippen molar-refractivity contribution in [2.45, 2.75) is 65.2 Å². The zero-order chi connectivity index (χ0) is 26.9. The predicted octanol–water partition coefficient (Wildman–Crippen LogP) is 6.17. The molecule has 0 radical (unpaired) electrons. The normalized spacial score (nSPS) is 17.9. The number of hydroxylamine groups is 2. The SMILES string of the molecule is CC1=NN(c2ccc(Br)cc2)C(=O)C1(c1ccccc1)N(OC(=O)OC(C)(C)C)C(=O)OC(C)(C)C. The second-order valence-corrected chi connectivity index (χ2v) is 11.1. The summed E-state index contributed by atoms with van der Waals surface area (Å²) in [4.78, 5) is 46.1. The minimum atomic E-state index is -1.95. The average Bonchev–Trinajstić information content (AvgIpc) is 3.02. The van der Waals surface area contributed by atoms with Crippen LogP contribution in [-0.2, 0) is 24.6 Å². The van der Waals surface area contributed by atoms with Crippen LogP contribution in [0, 0.1) is 0 Å². The van der Waals surface area contributed by atoms with E-state index in [2.05, 4.69) is 21.0 Å². The highest BCUT2D eigenvalue weighted by atomic mass is 79.9. The molecule has 0 saturated carbocycles. The number of ether oxygens (including phenoxy) is 2. The van der Waals surface area contributed by atoms with Crippen molar-refractivity contribution in [3.63, 3.8) is 0 Å². The second kappa shape index (κ2) is 9.93. The molecule has 1 unspecified atom stereocenters. The van der Waals surface area contributed by atoms with E-state index in [0.717, 1.165) is 4.47 Å². The molecule has 2 aromatic carbocycles. The van der Waals surface area contributed by atoms with Crippen LogP contribution in [0.1, 0.15) is 54.0 Å². The van der Waals surface area contributed by atoms with Gasteiger partial charge in [-0.2, -0.15) is 10.1 Å². The van der Waals surface area contributed by atoms with E-state index in [1.54, 1.807) is 103 Å². The molecule has 0 saturated heterocycles. The fourth-order valence-corrected chi connectivity index (χ4v) is 3.85. The van der Waals surface area contributed by atoms with Crippen molar-refractivity contribution in [1.82, 2.24) is 5.06 Å². The summed E-state index contributed by atoms with van der Waals surface area (Å²) in [5, 5.41) is 6.28. The number of anilines is 1. The third kappa shape index (κ3) is 5.70. The molecule has 0 aliphatic carbocycles. The predicted molar refractivity (Wildman–Crippen MR) is 138 cm³/mol. The van der Waals surface area contributed by atoms with Crippen molar-refractivity contribution in [2.24, 2.45) is 5.10 Å². The van der Waals surface area contributed by atoms with Crippen LogP contribution in [0.25, 0.3) is 0 Å². The smallest absolute Gasteiger partial charge is 0.442 e. The summed E-state index contributed by atoms with van der Waals surface area (Å²) in [6.45, 7) is 11.5. The van der Waals surface area contributed by atoms with Gasteiger partial charge in [0.2, 0.25) is 5.54 Å². The Labute approximate surface area is 219 Å². The molecule has 192 valence electrons. The maximum absolute atomic E-state index is 14.2. The number of halogens is 1. The van der Waals surface area contributed by atoms with Crippen LogP contribution in [0.5, 0.6) is 0 Å². The monoisotopic (exact) mass is 559 g/mol. The van der Waals surface area contributed by atoms with Gasteiger partial charge < -0.3 is 9.47 Å². The molecular formula is C26H30BrN3O6. The molecule has 2 amide bonds. The Kier molecular flexibility index (Phi) is 7.50. The number of amides is 2. The van der Waals surface area contributed by atoms with Gasteiger partial charge in [-0.15, -0.1) is 5.06 Å². The topological polar surface area (TPSA) is 97.7 Å². The van der Waals surface area contributed by atoms with Crippen LogP contribution in [0.15, 0.2) is 64.2 Å². The van der Waals surface area contributed by atoms with E-state index in [0.29, 0.717) is 16.3 Å². The number of hydrogen-bond acceptors (Lipinski definition) is 7. The Bertz CT molecular complexity index is 1170. The Hall–Kier alpha value is -3.40. The van der Waals surface area contributed by atoms with Gasteiger partial charge in [0.05, 0.1) is 11.4 Å². The average molecular weight is 560 g/mol. The molecule has 1 atom stereocenters. The van der Waals surface area contributed by atoms with Gasteiger partial charge >= 0.3 is 12.2 Å². The summed E-state index contributed by atoms with van der Waals surface area (Å²) < 4.78 is 11.7. The van der Waals surface area contributed by atoms with Crippen LogP contribution >= 0.6 is 15.9 Å². The molecule has 0 aromatic heterocycles. The molecular weight excluding hydrogens is 530 g/mol. The van der Waals surface area contributed by atoms with Gasteiger partial charge in [0.1, 0.15) is 11.2 Å². The Morgan fingerprint density at radius 2 is 1.47 bits per heavy atom. The molecule has 3 rings (SSSR count). The summed E-state index contributed by atoms with van der Waals surface area (Å²) in [5.41, 5.74) is -2.82. The molecule has 10 heteroatoms. The van der Waals surface area contributed by atoms with Gasteiger partial charge in [-0.3, -0.25) is 9.63 Å². The number of nitrogens with zero attached hydrogens (tertiary/aromatic N) is 3. The first-order valence-corrected chi connectivity index (χ1v) is 12.1. The summed E-state index contributed by atoms with van der Waals surface area (Å²) in [6, 6.07) is 15.4. The standard InChI is InChI=1S/C26H30BrN3O6/c1-17-26(18-11-9-8-10-12-18,21(31)29(28-17)20-15-13-19(27)14-16-20)30(22(32)34-24(2,3)4)36-23(33)35-25(5,6)7/h8-16H,1-7H3. The Morgan fingerprint density at radius 1 is 0.917 bits per heavy atom. The van der Waals surface area contributed by atoms with Crippen molar-refractivity contribution in [2.75, 3.05) is 5.01 Å². The van der Waals surface area contributed by atoms with Crippen molar-refractivity contribution in [3.8, 4) is 0 Å². The number of benzene rings is 2. The fraction of sp³-hybridized carbons (Fsp3) is 0.385. The summed E-state index contributed by atoms with van der Waals surface area (Å²) >= 11 is 3.38. The third-order valence-electron chi connectivity index (χ3n) is 4.96. The molecule has 36 heavy (non-hydrogen) atoms. The van der Waals surface area contributed by atoms with E-state index >= 15 is 0 Å². The zero-order valence-corrected chi connectivity index (χ0v) is 23.0. The lowest BCUT2D eigenvalue weighted by Crippen LogP contribution is -2.60. The van der Waals surface area contributed by atoms with E-state index in [1.165, 1.54) is 5.01 Å². The summed E-state index contributed by atoms with van der Waals surface area (Å²) in [5.74, 6) is -0.636. The lowest BCUT2D eigenvalue weighted by atomic mass is 9.85. The minimum absolute atomic E-state index is 0.191. The number of carbonyl (C=O) groups excluding carboxylic acids is 3. The van der Waals surface area contributed by atoms with Gasteiger partial charge in [-0.1, -0.05) is 46.3 Å². The van der Waals surface area contributed by atoms with Crippen molar-refractivity contribution in [1.29, 1.82) is 0 Å². The molecule has 0 fully saturated rings. The maximum Gasteiger partial charge on any atom is 0.534 e. The lowest BCUT2D eigenvalue weighted by Gasteiger charge is -2.38. The fourth-order valence-electron chi connectivity index (χ4n) is 3.59. The zero-order valence-electron chi connectivity index (χ0n) is 21.4. The highest BCUT2D eigenvalue weighted by Crippen LogP contribution is 2.40. The number of hydrazone groups is 1. The van der Waals surface area contributed by atoms with Crippen LogP contribution in [0.4, 0.5) is 15.3 Å². The maximum atomic E-state index is 14.2. The van der Waals surface area contributed by atoms with Crippen molar-refractivity contribution in [3.05, 3.63) is 64.6 Å². The quantitative estimate of drug-likeness (QED) is 0.329. The Morgan fingerprint density at radius 3 is 2.00 bits per heavy atom. The Balaban J connectivity index is 2.20. The van der Waals surface area contributed by atoms with E-state index < -0.39 is 34.9 Å². The van der Waals surface area contributed by atoms with Gasteiger partial charge in [0, 0.05) is 4.47 Å². The molecule has 1 heterocycles. The van der Waals surface area contributed by atoms with Gasteiger partial charge in [-0.25, -0.2) is 9.59 Å². The highest BCUT2D eigenvalue weighted by Gasteiger charge is 2.60. The van der Waals surface area contributed by atoms with Gasteiger partial charge in [0.25, 0.3) is 5.91 Å². The first kappa shape index (κ1) is 27.2. The molecule has 0 bridgehead atoms. The van der Waals surface area contributed by atoms with Crippen LogP contribution < -0.4 is 5.01 Å². The largest absolute Gasteiger partial charge is 0.534 e. The van der Waals surface area contributed by atoms with E-state index in [1.807, 2.05) is 0 Å². The molecule has 0 N–H and O–H groups in total. The number of carbonyl (C=O) groups is 3. The minimum Gasteiger partial charge on any atom is -0.442 e. The molecule has 1 aliphatic heterocycles. The van der Waals surface area contributed by atoms with Crippen LogP contribution in [-0.4, -0.2) is 40.1 Å². The second-order valence-electron chi connectivity index (χ2n) is 10.2.